The Balaban J connectivity index is 1.65. The summed E-state index contributed by atoms with van der Waals surface area (Å²) in [6.45, 7) is 1.98. The number of ketones is 1. The number of alkyl halides is 3. The van der Waals surface area contributed by atoms with Crippen LogP contribution in [0, 0.1) is 0 Å². The summed E-state index contributed by atoms with van der Waals surface area (Å²) in [5, 5.41) is 2.72. The Kier molecular flexibility index (Phi) is 5.13. The van der Waals surface area contributed by atoms with Gasteiger partial charge >= 0.3 is 12.3 Å². The smallest absolute Gasteiger partial charge is 0.406 e. The number of amidine groups is 1. The molecule has 2 heterocycles. The van der Waals surface area contributed by atoms with Crippen LogP contribution < -0.4 is 15.0 Å². The van der Waals surface area contributed by atoms with Gasteiger partial charge in [-0.2, -0.15) is 4.99 Å². The molecule has 0 aliphatic carbocycles. The zero-order chi connectivity index (χ0) is 19.6. The van der Waals surface area contributed by atoms with E-state index in [4.69, 9.17) is 0 Å². The summed E-state index contributed by atoms with van der Waals surface area (Å²) in [6.07, 6.45) is -1.18. The molecule has 27 heavy (non-hydrogen) atoms. The van der Waals surface area contributed by atoms with Crippen molar-refractivity contribution in [3.8, 4) is 5.75 Å². The van der Waals surface area contributed by atoms with Crippen molar-refractivity contribution >= 4 is 17.5 Å². The van der Waals surface area contributed by atoms with Gasteiger partial charge in [-0.25, -0.2) is 0 Å². The summed E-state index contributed by atoms with van der Waals surface area (Å²) in [5.74, 6) is -0.271. The first-order valence-electron chi connectivity index (χ1n) is 8.20. The predicted octanol–water partition coefficient (Wildman–Crippen LogP) is 2.86. The Labute approximate surface area is 153 Å². The summed E-state index contributed by atoms with van der Waals surface area (Å²) in [7, 11) is 0. The fourth-order valence-electron chi connectivity index (χ4n) is 2.75. The summed E-state index contributed by atoms with van der Waals surface area (Å²) >= 11 is 0. The predicted molar refractivity (Wildman–Crippen MR) is 90.6 cm³/mol. The summed E-state index contributed by atoms with van der Waals surface area (Å²) in [6, 6.07) is 5.24. The maximum absolute atomic E-state index is 12.6. The number of hydrogen-bond acceptors (Lipinski definition) is 5. The molecular formula is C18H16F3N3O3+. The highest BCUT2D eigenvalue weighted by atomic mass is 19.4. The molecule has 2 aliphatic rings. The topological polar surface area (TPSA) is 73.7 Å². The number of amides is 1. The summed E-state index contributed by atoms with van der Waals surface area (Å²) in [4.78, 5) is 30.1. The van der Waals surface area contributed by atoms with Crippen LogP contribution in [0.2, 0.25) is 0 Å². The zero-order valence-electron chi connectivity index (χ0n) is 14.3. The Bertz CT molecular complexity index is 855. The molecule has 0 spiro atoms. The number of carbonyl (C=O) groups excluding carboxylic acids is 2. The van der Waals surface area contributed by atoms with Crippen LogP contribution >= 0.6 is 0 Å². The molecule has 0 bridgehead atoms. The normalized spacial score (nSPS) is 17.0. The third-order valence-corrected chi connectivity index (χ3v) is 3.96. The van der Waals surface area contributed by atoms with Gasteiger partial charge in [0.05, 0.1) is 0 Å². The van der Waals surface area contributed by atoms with Gasteiger partial charge < -0.3 is 10.1 Å². The average molecular weight is 379 g/mol. The van der Waals surface area contributed by atoms with Gasteiger partial charge in [-0.05, 0) is 29.0 Å². The number of aliphatic imine (C=N–C) groups is 1. The maximum atomic E-state index is 12.6. The molecule has 0 unspecified atom stereocenters. The first-order valence-corrected chi connectivity index (χ1v) is 8.20. The molecule has 141 valence electrons. The first kappa shape index (κ1) is 18.8. The van der Waals surface area contributed by atoms with Crippen LogP contribution in [-0.2, 0) is 16.1 Å². The minimum atomic E-state index is -4.75. The Morgan fingerprint density at radius 1 is 1.30 bits per heavy atom. The minimum Gasteiger partial charge on any atom is -0.406 e. The number of allylic oxidation sites excluding steroid dienone is 2. The molecule has 0 fully saturated rings. The van der Waals surface area contributed by atoms with Crippen molar-refractivity contribution in [2.24, 2.45) is 4.99 Å². The molecular weight excluding hydrogens is 363 g/mol. The highest BCUT2D eigenvalue weighted by molar-refractivity contribution is 6.15. The van der Waals surface area contributed by atoms with Gasteiger partial charge in [0.2, 0.25) is 0 Å². The Morgan fingerprint density at radius 2 is 2.00 bits per heavy atom. The Hall–Kier alpha value is -2.94. The molecule has 2 aliphatic heterocycles. The molecule has 0 saturated heterocycles. The van der Waals surface area contributed by atoms with E-state index in [0.717, 1.165) is 0 Å². The average Bonchev–Trinajstić information content (AvgIpc) is 2.97. The number of halogens is 3. The number of benzene rings is 1. The second-order valence-electron chi connectivity index (χ2n) is 5.88. The van der Waals surface area contributed by atoms with Crippen LogP contribution in [0.15, 0.2) is 52.9 Å². The van der Waals surface area contributed by atoms with E-state index in [0.29, 0.717) is 29.2 Å². The van der Waals surface area contributed by atoms with Gasteiger partial charge in [-0.1, -0.05) is 19.1 Å². The van der Waals surface area contributed by atoms with E-state index in [1.165, 1.54) is 36.5 Å². The molecule has 1 aromatic carbocycles. The lowest BCUT2D eigenvalue weighted by atomic mass is 10.1. The molecule has 1 radical (unpaired) electrons. The van der Waals surface area contributed by atoms with Crippen molar-refractivity contribution in [2.75, 3.05) is 0 Å². The van der Waals surface area contributed by atoms with Crippen molar-refractivity contribution in [1.29, 1.82) is 0 Å². The molecule has 3 rings (SSSR count). The van der Waals surface area contributed by atoms with Gasteiger partial charge in [0, 0.05) is 12.6 Å². The van der Waals surface area contributed by atoms with Crippen molar-refractivity contribution in [3.05, 3.63) is 53.5 Å². The molecule has 0 atom stereocenters. The number of hydrogen-bond donors (Lipinski definition) is 1. The van der Waals surface area contributed by atoms with Crippen LogP contribution in [0.5, 0.6) is 5.75 Å². The third kappa shape index (κ3) is 4.43. The first-order chi connectivity index (χ1) is 12.8. The van der Waals surface area contributed by atoms with Crippen LogP contribution in [0.3, 0.4) is 0 Å². The lowest BCUT2D eigenvalue weighted by Gasteiger charge is -2.11. The molecule has 0 aromatic heterocycles. The van der Waals surface area contributed by atoms with Crippen molar-refractivity contribution in [1.82, 2.24) is 10.2 Å². The largest absolute Gasteiger partial charge is 0.573 e. The van der Waals surface area contributed by atoms with E-state index in [-0.39, 0.29) is 30.4 Å². The fourth-order valence-corrected chi connectivity index (χ4v) is 2.75. The number of ether oxygens (including phenoxy) is 1. The summed E-state index contributed by atoms with van der Waals surface area (Å²) in [5.41, 5.74) is 1.55. The van der Waals surface area contributed by atoms with E-state index >= 15 is 0 Å². The van der Waals surface area contributed by atoms with Crippen molar-refractivity contribution < 1.29 is 27.5 Å². The van der Waals surface area contributed by atoms with Crippen LogP contribution in [-0.4, -0.2) is 23.9 Å². The Morgan fingerprint density at radius 3 is 2.63 bits per heavy atom. The van der Waals surface area contributed by atoms with Crippen LogP contribution in [0.1, 0.15) is 25.3 Å². The van der Waals surface area contributed by atoms with Gasteiger partial charge in [-0.15, -0.1) is 13.2 Å². The van der Waals surface area contributed by atoms with Gasteiger partial charge in [0.15, 0.2) is 12.0 Å². The molecule has 6 nitrogen and oxygen atoms in total. The number of rotatable bonds is 5. The van der Waals surface area contributed by atoms with Gasteiger partial charge in [0.25, 0.3) is 11.5 Å². The SMILES string of the molecule is CCC1=C(C(=O)NCc2ccc(OC(F)(F)F)cc2)[N+]2C=CC(=O)CC2=N1. The van der Waals surface area contributed by atoms with E-state index in [1.54, 1.807) is 4.90 Å². The number of nitrogens with one attached hydrogen (secondary N) is 1. The standard InChI is InChI=1S/C18H16F3N3O3/c1-2-14-16(24-8-7-12(25)9-15(24)23-14)17(26)22-10-11-3-5-13(6-4-11)27-18(19,20)21/h3-8H,2,9-10H2,1H3,(H,22,26)/q+1. The quantitative estimate of drug-likeness (QED) is 0.800. The monoisotopic (exact) mass is 379 g/mol. The van der Waals surface area contributed by atoms with Crippen molar-refractivity contribution in [2.45, 2.75) is 32.7 Å². The van der Waals surface area contributed by atoms with Gasteiger partial charge in [-0.3, -0.25) is 9.59 Å². The fraction of sp³-hybridized carbons (Fsp3) is 0.278. The molecule has 1 N–H and O–H groups in total. The molecule has 0 saturated carbocycles. The van der Waals surface area contributed by atoms with E-state index in [2.05, 4.69) is 15.0 Å². The number of fused-ring (bicyclic) bond motifs is 1. The highest BCUT2D eigenvalue weighted by Crippen LogP contribution is 2.26. The van der Waals surface area contributed by atoms with E-state index < -0.39 is 6.36 Å². The van der Waals surface area contributed by atoms with Crippen LogP contribution in [0.25, 0.3) is 0 Å². The second kappa shape index (κ2) is 7.36. The number of nitrogens with zero attached hydrogens (tertiary/aromatic N) is 2. The van der Waals surface area contributed by atoms with Crippen molar-refractivity contribution in [3.63, 3.8) is 0 Å². The minimum absolute atomic E-state index is 0.0803. The molecule has 1 aromatic rings. The van der Waals surface area contributed by atoms with Crippen LogP contribution in [0.4, 0.5) is 13.2 Å². The number of carbonyl (C=O) groups is 2. The lowest BCUT2D eigenvalue weighted by Crippen LogP contribution is -2.39. The summed E-state index contributed by atoms with van der Waals surface area (Å²) < 4.78 is 40.3. The lowest BCUT2D eigenvalue weighted by molar-refractivity contribution is -0.274. The molecule has 1 amide bonds. The third-order valence-electron chi connectivity index (χ3n) is 3.96. The zero-order valence-corrected chi connectivity index (χ0v) is 14.3. The highest BCUT2D eigenvalue weighted by Gasteiger charge is 2.43. The van der Waals surface area contributed by atoms with E-state index in [9.17, 15) is 22.8 Å². The van der Waals surface area contributed by atoms with E-state index in [1.807, 2.05) is 6.92 Å². The second-order valence-corrected chi connectivity index (χ2v) is 5.88. The molecule has 9 heteroatoms. The van der Waals surface area contributed by atoms with Gasteiger partial charge in [0.1, 0.15) is 17.9 Å². The maximum Gasteiger partial charge on any atom is 0.573 e.